The summed E-state index contributed by atoms with van der Waals surface area (Å²) < 4.78 is 16.6. The highest BCUT2D eigenvalue weighted by Crippen LogP contribution is 2.28. The van der Waals surface area contributed by atoms with Crippen LogP contribution in [-0.4, -0.2) is 87.2 Å². The van der Waals surface area contributed by atoms with E-state index in [9.17, 15) is 9.59 Å². The Morgan fingerprint density at radius 3 is 2.76 bits per heavy atom. The summed E-state index contributed by atoms with van der Waals surface area (Å²) in [6, 6.07) is -0.696. The van der Waals surface area contributed by atoms with Crippen molar-refractivity contribution in [2.24, 2.45) is 4.99 Å². The molecule has 1 heterocycles. The molecule has 1 fully saturated rings. The minimum absolute atomic E-state index is 0.0960. The highest BCUT2D eigenvalue weighted by Gasteiger charge is 2.40. The van der Waals surface area contributed by atoms with Gasteiger partial charge in [-0.2, -0.15) is 0 Å². The molecule has 1 aliphatic carbocycles. The van der Waals surface area contributed by atoms with Crippen molar-refractivity contribution >= 4 is 18.6 Å². The standard InChI is InChI=1S/C21H35N3O5/c1-5-27-10-11-29-17-8-7-9-24(14-17)19-13-16(21(26)28-6-2)12-18(22-4)20(19)23-15(3)25/h13,17-20H,4-12,14H2,1-3H3,(H,23,25)/t17-,18-,19+,20+/m0/s1. The van der Waals surface area contributed by atoms with Gasteiger partial charge in [-0.1, -0.05) is 6.08 Å². The van der Waals surface area contributed by atoms with Crippen LogP contribution in [0.15, 0.2) is 16.6 Å². The number of hydrogen-bond acceptors (Lipinski definition) is 7. The summed E-state index contributed by atoms with van der Waals surface area (Å²) in [5.74, 6) is -0.447. The highest BCUT2D eigenvalue weighted by atomic mass is 16.5. The molecule has 2 rings (SSSR count). The molecule has 8 nitrogen and oxygen atoms in total. The average Bonchev–Trinajstić information content (AvgIpc) is 2.71. The molecule has 0 radical (unpaired) electrons. The van der Waals surface area contributed by atoms with Crippen LogP contribution in [0.4, 0.5) is 0 Å². The lowest BCUT2D eigenvalue weighted by Gasteiger charge is -2.44. The third-order valence-electron chi connectivity index (χ3n) is 5.34. The second kappa shape index (κ2) is 12.0. The Hall–Kier alpha value is -1.77. The summed E-state index contributed by atoms with van der Waals surface area (Å²) in [6.07, 6.45) is 4.41. The molecule has 1 saturated heterocycles. The number of ether oxygens (including phenoxy) is 3. The van der Waals surface area contributed by atoms with E-state index in [0.29, 0.717) is 38.4 Å². The van der Waals surface area contributed by atoms with Gasteiger partial charge in [0.25, 0.3) is 0 Å². The van der Waals surface area contributed by atoms with Crippen LogP contribution in [0, 0.1) is 0 Å². The molecule has 0 aromatic carbocycles. The fourth-order valence-electron chi connectivity index (χ4n) is 4.05. The SMILES string of the molecule is C=N[C@H]1CC(C(=O)OCC)=C[C@@H](N2CCC[C@H](OCCOCC)C2)[C@@H]1NC(C)=O. The number of rotatable bonds is 10. The van der Waals surface area contributed by atoms with E-state index in [4.69, 9.17) is 14.2 Å². The van der Waals surface area contributed by atoms with Gasteiger partial charge in [-0.3, -0.25) is 14.7 Å². The zero-order valence-electron chi connectivity index (χ0n) is 17.9. The van der Waals surface area contributed by atoms with Crippen molar-refractivity contribution in [3.05, 3.63) is 11.6 Å². The number of nitrogens with zero attached hydrogens (tertiary/aromatic N) is 2. The summed E-state index contributed by atoms with van der Waals surface area (Å²) >= 11 is 0. The maximum Gasteiger partial charge on any atom is 0.333 e. The average molecular weight is 410 g/mol. The molecule has 164 valence electrons. The van der Waals surface area contributed by atoms with Crippen molar-refractivity contribution in [3.8, 4) is 0 Å². The van der Waals surface area contributed by atoms with Crippen LogP contribution >= 0.6 is 0 Å². The normalized spacial score (nSPS) is 27.8. The second-order valence-electron chi connectivity index (χ2n) is 7.41. The first-order chi connectivity index (χ1) is 14.0. The van der Waals surface area contributed by atoms with Gasteiger partial charge in [0.15, 0.2) is 0 Å². The number of piperidine rings is 1. The van der Waals surface area contributed by atoms with Gasteiger partial charge in [0.2, 0.25) is 5.91 Å². The van der Waals surface area contributed by atoms with E-state index in [1.807, 2.05) is 13.0 Å². The molecule has 0 spiro atoms. The zero-order chi connectivity index (χ0) is 21.2. The lowest BCUT2D eigenvalue weighted by Crippen LogP contribution is -2.60. The third-order valence-corrected chi connectivity index (χ3v) is 5.34. The minimum Gasteiger partial charge on any atom is -0.463 e. The van der Waals surface area contributed by atoms with Crippen LogP contribution in [0.2, 0.25) is 0 Å². The molecule has 8 heteroatoms. The fourth-order valence-corrected chi connectivity index (χ4v) is 4.05. The summed E-state index contributed by atoms with van der Waals surface area (Å²) in [6.45, 7) is 12.7. The van der Waals surface area contributed by atoms with Gasteiger partial charge >= 0.3 is 5.97 Å². The van der Waals surface area contributed by atoms with Crippen molar-refractivity contribution in [2.45, 2.75) is 64.3 Å². The number of aliphatic imine (C=N–C) groups is 1. The minimum atomic E-state index is -0.325. The van der Waals surface area contributed by atoms with E-state index in [1.165, 1.54) is 6.92 Å². The third kappa shape index (κ3) is 6.90. The van der Waals surface area contributed by atoms with Crippen molar-refractivity contribution in [3.63, 3.8) is 0 Å². The molecule has 0 bridgehead atoms. The Bertz CT molecular complexity index is 595. The number of amides is 1. The number of carbonyl (C=O) groups excluding carboxylic acids is 2. The molecule has 0 saturated carbocycles. The Morgan fingerprint density at radius 1 is 1.31 bits per heavy atom. The van der Waals surface area contributed by atoms with E-state index in [0.717, 1.165) is 25.9 Å². The van der Waals surface area contributed by atoms with Crippen molar-refractivity contribution in [2.75, 3.05) is 39.5 Å². The van der Waals surface area contributed by atoms with Crippen molar-refractivity contribution in [1.82, 2.24) is 10.2 Å². The van der Waals surface area contributed by atoms with E-state index >= 15 is 0 Å². The predicted octanol–water partition coefficient (Wildman–Crippen LogP) is 1.34. The highest BCUT2D eigenvalue weighted by molar-refractivity contribution is 5.89. The summed E-state index contributed by atoms with van der Waals surface area (Å²) in [5, 5.41) is 3.02. The molecule has 0 unspecified atom stereocenters. The fraction of sp³-hybridized carbons (Fsp3) is 0.762. The molecule has 1 aliphatic heterocycles. The predicted molar refractivity (Wildman–Crippen MR) is 111 cm³/mol. The molecular weight excluding hydrogens is 374 g/mol. The van der Waals surface area contributed by atoms with E-state index in [-0.39, 0.29) is 36.1 Å². The molecule has 4 atom stereocenters. The summed E-state index contributed by atoms with van der Waals surface area (Å²) in [4.78, 5) is 30.7. The molecule has 0 aromatic heterocycles. The first-order valence-corrected chi connectivity index (χ1v) is 10.5. The molecule has 0 aromatic rings. The largest absolute Gasteiger partial charge is 0.463 e. The van der Waals surface area contributed by atoms with Crippen LogP contribution in [0.1, 0.15) is 40.0 Å². The van der Waals surface area contributed by atoms with Gasteiger partial charge in [-0.05, 0) is 40.0 Å². The molecule has 29 heavy (non-hydrogen) atoms. The van der Waals surface area contributed by atoms with Gasteiger partial charge < -0.3 is 19.5 Å². The zero-order valence-corrected chi connectivity index (χ0v) is 17.9. The maximum atomic E-state index is 12.4. The Balaban J connectivity index is 2.17. The van der Waals surface area contributed by atoms with Gasteiger partial charge in [0.1, 0.15) is 0 Å². The number of hydrogen-bond donors (Lipinski definition) is 1. The first kappa shape index (κ1) is 23.5. The van der Waals surface area contributed by atoms with Crippen LogP contribution in [-0.2, 0) is 23.8 Å². The molecule has 1 N–H and O–H groups in total. The van der Waals surface area contributed by atoms with Crippen molar-refractivity contribution in [1.29, 1.82) is 0 Å². The summed E-state index contributed by atoms with van der Waals surface area (Å²) in [5.41, 5.74) is 0.593. The van der Waals surface area contributed by atoms with E-state index in [2.05, 4.69) is 21.9 Å². The number of nitrogens with one attached hydrogen (secondary N) is 1. The maximum absolute atomic E-state index is 12.4. The van der Waals surface area contributed by atoms with Crippen LogP contribution in [0.25, 0.3) is 0 Å². The van der Waals surface area contributed by atoms with Gasteiger partial charge in [0, 0.05) is 32.1 Å². The van der Waals surface area contributed by atoms with E-state index in [1.54, 1.807) is 6.92 Å². The van der Waals surface area contributed by atoms with Crippen molar-refractivity contribution < 1.29 is 23.8 Å². The van der Waals surface area contributed by atoms with Gasteiger partial charge in [-0.25, -0.2) is 4.79 Å². The smallest absolute Gasteiger partial charge is 0.333 e. The number of likely N-dealkylation sites (tertiary alicyclic amines) is 1. The van der Waals surface area contributed by atoms with Crippen LogP contribution in [0.3, 0.4) is 0 Å². The number of carbonyl (C=O) groups is 2. The number of esters is 1. The molecular formula is C21H35N3O5. The monoisotopic (exact) mass is 409 g/mol. The quantitative estimate of drug-likeness (QED) is 0.333. The summed E-state index contributed by atoms with van der Waals surface area (Å²) in [7, 11) is 0. The first-order valence-electron chi connectivity index (χ1n) is 10.5. The van der Waals surface area contributed by atoms with Gasteiger partial charge in [0.05, 0.1) is 44.1 Å². The topological polar surface area (TPSA) is 89.5 Å². The Morgan fingerprint density at radius 2 is 2.10 bits per heavy atom. The van der Waals surface area contributed by atoms with E-state index < -0.39 is 0 Å². The second-order valence-corrected chi connectivity index (χ2v) is 7.41. The van der Waals surface area contributed by atoms with Gasteiger partial charge in [-0.15, -0.1) is 0 Å². The lowest BCUT2D eigenvalue weighted by molar-refractivity contribution is -0.138. The lowest BCUT2D eigenvalue weighted by atomic mass is 9.85. The Labute approximate surface area is 173 Å². The molecule has 2 aliphatic rings. The van der Waals surface area contributed by atoms with Crippen LogP contribution < -0.4 is 5.32 Å². The Kier molecular flexibility index (Phi) is 9.76. The van der Waals surface area contributed by atoms with Crippen LogP contribution in [0.5, 0.6) is 0 Å². The molecule has 1 amide bonds.